The molecular formula is C19H21N3O3S2. The Morgan fingerprint density at radius 1 is 1.33 bits per heavy atom. The fourth-order valence-electron chi connectivity index (χ4n) is 2.42. The van der Waals surface area contributed by atoms with Crippen LogP contribution in [0.4, 0.5) is 0 Å². The summed E-state index contributed by atoms with van der Waals surface area (Å²) in [7, 11) is 0. The van der Waals surface area contributed by atoms with Crippen molar-refractivity contribution in [2.75, 3.05) is 5.75 Å². The van der Waals surface area contributed by atoms with Crippen molar-refractivity contribution >= 4 is 34.0 Å². The predicted octanol–water partition coefficient (Wildman–Crippen LogP) is 3.09. The van der Waals surface area contributed by atoms with Crippen molar-refractivity contribution in [1.29, 1.82) is 0 Å². The molecule has 0 atom stereocenters. The van der Waals surface area contributed by atoms with Gasteiger partial charge in [0.05, 0.1) is 17.6 Å². The first kappa shape index (κ1) is 19.4. The average Bonchev–Trinajstić information content (AvgIpc) is 3.10. The van der Waals surface area contributed by atoms with Gasteiger partial charge < -0.3 is 10.1 Å². The van der Waals surface area contributed by atoms with E-state index in [-0.39, 0.29) is 17.6 Å². The molecule has 0 bridgehead atoms. The Kier molecular flexibility index (Phi) is 6.52. The summed E-state index contributed by atoms with van der Waals surface area (Å²) >= 11 is 2.86. The monoisotopic (exact) mass is 403 g/mol. The van der Waals surface area contributed by atoms with Crippen LogP contribution in [0.2, 0.25) is 0 Å². The molecular weight excluding hydrogens is 382 g/mol. The largest absolute Gasteiger partial charge is 0.491 e. The first-order chi connectivity index (χ1) is 13.0. The van der Waals surface area contributed by atoms with E-state index in [4.69, 9.17) is 4.74 Å². The van der Waals surface area contributed by atoms with Crippen molar-refractivity contribution in [1.82, 2.24) is 14.7 Å². The number of hydrogen-bond donors (Lipinski definition) is 1. The average molecular weight is 404 g/mol. The van der Waals surface area contributed by atoms with E-state index >= 15 is 0 Å². The Labute approximate surface area is 165 Å². The van der Waals surface area contributed by atoms with Crippen LogP contribution in [0, 0.1) is 0 Å². The van der Waals surface area contributed by atoms with Crippen molar-refractivity contribution in [3.8, 4) is 5.75 Å². The Morgan fingerprint density at radius 2 is 2.11 bits per heavy atom. The van der Waals surface area contributed by atoms with Crippen molar-refractivity contribution < 1.29 is 9.53 Å². The van der Waals surface area contributed by atoms with Crippen molar-refractivity contribution in [2.45, 2.75) is 32.2 Å². The second-order valence-corrected chi connectivity index (χ2v) is 8.08. The highest BCUT2D eigenvalue weighted by molar-refractivity contribution is 7.99. The molecule has 0 saturated heterocycles. The topological polar surface area (TPSA) is 72.7 Å². The van der Waals surface area contributed by atoms with Gasteiger partial charge in [-0.1, -0.05) is 12.1 Å². The minimum absolute atomic E-state index is 0.0450. The SMILES string of the molecule is CC(C)Oc1ccc(CNC(=O)CSCc2cc(=O)n3ccsc3n2)cc1. The number of amides is 1. The third-order valence-electron chi connectivity index (χ3n) is 3.62. The Balaban J connectivity index is 1.43. The molecule has 0 spiro atoms. The van der Waals surface area contributed by atoms with Gasteiger partial charge in [0.2, 0.25) is 5.91 Å². The number of hydrogen-bond acceptors (Lipinski definition) is 6. The van der Waals surface area contributed by atoms with Crippen LogP contribution in [0.1, 0.15) is 25.1 Å². The van der Waals surface area contributed by atoms with Crippen molar-refractivity contribution in [3.05, 3.63) is 63.5 Å². The van der Waals surface area contributed by atoms with Crippen LogP contribution in [-0.4, -0.2) is 27.1 Å². The van der Waals surface area contributed by atoms with E-state index in [1.807, 2.05) is 43.5 Å². The van der Waals surface area contributed by atoms with Crippen LogP contribution in [0.15, 0.2) is 46.7 Å². The number of carbonyl (C=O) groups excluding carboxylic acids is 1. The normalized spacial score (nSPS) is 11.1. The van der Waals surface area contributed by atoms with E-state index in [0.717, 1.165) is 11.3 Å². The second-order valence-electron chi connectivity index (χ2n) is 6.22. The van der Waals surface area contributed by atoms with Gasteiger partial charge in [-0.05, 0) is 31.5 Å². The Bertz CT molecular complexity index is 964. The molecule has 0 radical (unpaired) electrons. The molecule has 1 amide bonds. The third-order valence-corrected chi connectivity index (χ3v) is 5.35. The van der Waals surface area contributed by atoms with E-state index in [9.17, 15) is 9.59 Å². The second kappa shape index (κ2) is 9.05. The maximum absolute atomic E-state index is 12.0. The predicted molar refractivity (Wildman–Crippen MR) is 110 cm³/mol. The minimum Gasteiger partial charge on any atom is -0.491 e. The molecule has 8 heteroatoms. The molecule has 6 nitrogen and oxygen atoms in total. The standard InChI is InChI=1S/C19H21N3O3S2/c1-13(2)25-16-5-3-14(4-6-16)10-20-17(23)12-26-11-15-9-18(24)22-7-8-27-19(22)21-15/h3-9,13H,10-12H2,1-2H3,(H,20,23). The van der Waals surface area contributed by atoms with E-state index < -0.39 is 0 Å². The van der Waals surface area contributed by atoms with Crippen molar-refractivity contribution in [2.24, 2.45) is 0 Å². The summed E-state index contributed by atoms with van der Waals surface area (Å²) in [4.78, 5) is 29.1. The van der Waals surface area contributed by atoms with Gasteiger partial charge in [-0.2, -0.15) is 0 Å². The highest BCUT2D eigenvalue weighted by Crippen LogP contribution is 2.14. The smallest absolute Gasteiger partial charge is 0.258 e. The molecule has 0 aliphatic carbocycles. The fraction of sp³-hybridized carbons (Fsp3) is 0.316. The summed E-state index contributed by atoms with van der Waals surface area (Å²) in [6.45, 7) is 4.44. The fourth-order valence-corrected chi connectivity index (χ4v) is 3.90. The van der Waals surface area contributed by atoms with E-state index in [0.29, 0.717) is 28.7 Å². The molecule has 0 aliphatic heterocycles. The third kappa shape index (κ3) is 5.58. The number of fused-ring (bicyclic) bond motifs is 1. The maximum atomic E-state index is 12.0. The van der Waals surface area contributed by atoms with Gasteiger partial charge >= 0.3 is 0 Å². The first-order valence-corrected chi connectivity index (χ1v) is 10.6. The van der Waals surface area contributed by atoms with Gasteiger partial charge in [-0.25, -0.2) is 4.98 Å². The zero-order chi connectivity index (χ0) is 19.2. The van der Waals surface area contributed by atoms with Crippen LogP contribution in [-0.2, 0) is 17.1 Å². The van der Waals surface area contributed by atoms with E-state index in [1.165, 1.54) is 33.6 Å². The molecule has 0 fully saturated rings. The van der Waals surface area contributed by atoms with Crippen LogP contribution in [0.3, 0.4) is 0 Å². The lowest BCUT2D eigenvalue weighted by atomic mass is 10.2. The zero-order valence-electron chi connectivity index (χ0n) is 15.2. The van der Waals surface area contributed by atoms with Crippen LogP contribution >= 0.6 is 23.1 Å². The van der Waals surface area contributed by atoms with Gasteiger partial charge in [0.1, 0.15) is 5.75 Å². The van der Waals surface area contributed by atoms with E-state index in [2.05, 4.69) is 10.3 Å². The first-order valence-electron chi connectivity index (χ1n) is 8.57. The molecule has 27 heavy (non-hydrogen) atoms. The van der Waals surface area contributed by atoms with Crippen LogP contribution < -0.4 is 15.6 Å². The summed E-state index contributed by atoms with van der Waals surface area (Å²) < 4.78 is 7.12. The number of aromatic nitrogens is 2. The molecule has 1 aromatic carbocycles. The number of nitrogens with one attached hydrogen (secondary N) is 1. The molecule has 1 N–H and O–H groups in total. The summed E-state index contributed by atoms with van der Waals surface area (Å²) in [6.07, 6.45) is 1.85. The van der Waals surface area contributed by atoms with Gasteiger partial charge in [-0.3, -0.25) is 14.0 Å². The number of thioether (sulfide) groups is 1. The minimum atomic E-state index is -0.0915. The lowest BCUT2D eigenvalue weighted by Gasteiger charge is -2.10. The molecule has 3 rings (SSSR count). The number of thiazole rings is 1. The van der Waals surface area contributed by atoms with Crippen LogP contribution in [0.5, 0.6) is 5.75 Å². The number of nitrogens with zero attached hydrogens (tertiary/aromatic N) is 2. The molecule has 142 valence electrons. The summed E-state index contributed by atoms with van der Waals surface area (Å²) in [6, 6.07) is 9.21. The van der Waals surface area contributed by atoms with Gasteiger partial charge in [0, 0.05) is 29.9 Å². The highest BCUT2D eigenvalue weighted by atomic mass is 32.2. The van der Waals surface area contributed by atoms with Crippen LogP contribution in [0.25, 0.3) is 4.96 Å². The molecule has 2 heterocycles. The Morgan fingerprint density at radius 3 is 2.85 bits per heavy atom. The highest BCUT2D eigenvalue weighted by Gasteiger charge is 2.06. The number of ether oxygens (including phenoxy) is 1. The van der Waals surface area contributed by atoms with Gasteiger partial charge in [0.25, 0.3) is 5.56 Å². The summed E-state index contributed by atoms with van der Waals surface area (Å²) in [5.74, 6) is 1.62. The lowest BCUT2D eigenvalue weighted by molar-refractivity contribution is -0.118. The van der Waals surface area contributed by atoms with Gasteiger partial charge in [-0.15, -0.1) is 23.1 Å². The molecule has 0 saturated carbocycles. The molecule has 3 aromatic rings. The number of carbonyl (C=O) groups is 1. The van der Waals surface area contributed by atoms with E-state index in [1.54, 1.807) is 6.20 Å². The summed E-state index contributed by atoms with van der Waals surface area (Å²) in [5, 5.41) is 4.73. The Hall–Kier alpha value is -2.32. The summed E-state index contributed by atoms with van der Waals surface area (Å²) in [5.41, 5.74) is 1.62. The van der Waals surface area contributed by atoms with Gasteiger partial charge in [0.15, 0.2) is 4.96 Å². The molecule has 2 aromatic heterocycles. The zero-order valence-corrected chi connectivity index (χ0v) is 16.8. The quantitative estimate of drug-likeness (QED) is 0.626. The number of benzene rings is 1. The molecule has 0 aliphatic rings. The molecule has 0 unspecified atom stereocenters. The maximum Gasteiger partial charge on any atom is 0.258 e. The number of rotatable bonds is 8. The lowest BCUT2D eigenvalue weighted by Crippen LogP contribution is -2.24. The van der Waals surface area contributed by atoms with Crippen molar-refractivity contribution in [3.63, 3.8) is 0 Å².